The van der Waals surface area contributed by atoms with E-state index in [0.717, 1.165) is 11.1 Å². The maximum atomic E-state index is 12.3. The van der Waals surface area contributed by atoms with Gasteiger partial charge in [-0.3, -0.25) is 0 Å². The minimum Gasteiger partial charge on any atom is -0.383 e. The van der Waals surface area contributed by atoms with Gasteiger partial charge in [-0.2, -0.15) is 0 Å². The van der Waals surface area contributed by atoms with Gasteiger partial charge in [0.15, 0.2) is 0 Å². The first-order valence-electron chi connectivity index (χ1n) is 8.80. The summed E-state index contributed by atoms with van der Waals surface area (Å²) >= 11 is 0. The van der Waals surface area contributed by atoms with Crippen LogP contribution in [0.5, 0.6) is 0 Å². The summed E-state index contributed by atoms with van der Waals surface area (Å²) in [7, 11) is -3.52. The molecular weight excluding hydrogens is 350 g/mol. The van der Waals surface area contributed by atoms with E-state index in [0.29, 0.717) is 18.6 Å². The lowest BCUT2D eigenvalue weighted by Gasteiger charge is -2.40. The predicted octanol–water partition coefficient (Wildman–Crippen LogP) is 2.66. The molecule has 2 atom stereocenters. The van der Waals surface area contributed by atoms with E-state index >= 15 is 0 Å². The van der Waals surface area contributed by atoms with E-state index in [-0.39, 0.29) is 6.61 Å². The quantitative estimate of drug-likeness (QED) is 0.842. The first-order chi connectivity index (χ1) is 12.3. The third kappa shape index (κ3) is 3.83. The summed E-state index contributed by atoms with van der Waals surface area (Å²) in [6.45, 7) is 3.75. The fraction of sp³-hybridized carbons (Fsp3) is 0.400. The molecule has 1 heterocycles. The Labute approximate surface area is 155 Å². The smallest absolute Gasteiger partial charge is 0.214 e. The number of hydrogen-bond acceptors (Lipinski definition) is 4. The Hall–Kier alpha value is -1.73. The number of benzene rings is 2. The predicted molar refractivity (Wildman–Crippen MR) is 102 cm³/mol. The Morgan fingerprint density at radius 2 is 1.69 bits per heavy atom. The monoisotopic (exact) mass is 375 g/mol. The summed E-state index contributed by atoms with van der Waals surface area (Å²) in [5.41, 5.74) is 1.53. The molecule has 26 heavy (non-hydrogen) atoms. The van der Waals surface area contributed by atoms with Crippen LogP contribution in [0.3, 0.4) is 0 Å². The molecule has 140 valence electrons. The molecule has 0 aromatic heterocycles. The van der Waals surface area contributed by atoms with E-state index < -0.39 is 26.9 Å². The van der Waals surface area contributed by atoms with E-state index in [2.05, 4.69) is 4.72 Å². The van der Waals surface area contributed by atoms with Gasteiger partial charge in [0.1, 0.15) is 5.60 Å². The topological polar surface area (TPSA) is 75.6 Å². The first-order valence-corrected chi connectivity index (χ1v) is 10.3. The number of hydrogen-bond donors (Lipinski definition) is 2. The number of rotatable bonds is 5. The van der Waals surface area contributed by atoms with Gasteiger partial charge in [0.05, 0.1) is 17.9 Å². The molecule has 0 aliphatic carbocycles. The zero-order valence-electron chi connectivity index (χ0n) is 15.1. The van der Waals surface area contributed by atoms with Crippen molar-refractivity contribution in [3.8, 4) is 11.1 Å². The zero-order chi connectivity index (χ0) is 18.8. The van der Waals surface area contributed by atoms with Crippen molar-refractivity contribution >= 4 is 10.0 Å². The fourth-order valence-electron chi connectivity index (χ4n) is 3.13. The lowest BCUT2D eigenvalue weighted by Crippen LogP contribution is -2.57. The van der Waals surface area contributed by atoms with Crippen LogP contribution in [0, 0.1) is 0 Å². The van der Waals surface area contributed by atoms with Crippen LogP contribution in [0.1, 0.15) is 25.8 Å². The van der Waals surface area contributed by atoms with Crippen LogP contribution in [0.4, 0.5) is 0 Å². The molecular formula is C20H25NO4S. The van der Waals surface area contributed by atoms with Gasteiger partial charge in [-0.15, -0.1) is 0 Å². The Balaban J connectivity index is 1.89. The number of nitrogens with one attached hydrogen (secondary N) is 1. The molecule has 0 amide bonds. The van der Waals surface area contributed by atoms with Gasteiger partial charge in [-0.05, 0) is 30.5 Å². The molecule has 0 radical (unpaired) electrons. The molecule has 6 heteroatoms. The van der Waals surface area contributed by atoms with Crippen LogP contribution >= 0.6 is 0 Å². The van der Waals surface area contributed by atoms with E-state index in [1.807, 2.05) is 54.6 Å². The minimum absolute atomic E-state index is 0.142. The Morgan fingerprint density at radius 3 is 2.31 bits per heavy atom. The Bertz CT molecular complexity index is 834. The van der Waals surface area contributed by atoms with Crippen LogP contribution in [0.25, 0.3) is 11.1 Å². The molecule has 3 rings (SSSR count). The van der Waals surface area contributed by atoms with E-state index in [1.165, 1.54) is 0 Å². The fourth-order valence-corrected chi connectivity index (χ4v) is 4.07. The van der Waals surface area contributed by atoms with Gasteiger partial charge in [-0.1, -0.05) is 54.6 Å². The standard InChI is InChI=1S/C20H25NO4S/c1-15(2)26(23,24)21-19-14-25-13-12-20(19,22)18-10-8-17(9-11-18)16-6-4-3-5-7-16/h3-11,15,19,21-22H,12-14H2,1-2H3/t19-,20-/m0/s1. The number of sulfonamides is 1. The van der Waals surface area contributed by atoms with Crippen molar-refractivity contribution in [2.75, 3.05) is 13.2 Å². The van der Waals surface area contributed by atoms with E-state index in [9.17, 15) is 13.5 Å². The lowest BCUT2D eigenvalue weighted by atomic mass is 9.82. The molecule has 1 aliphatic rings. The third-order valence-corrected chi connectivity index (χ3v) is 6.76. The van der Waals surface area contributed by atoms with Crippen LogP contribution in [-0.2, 0) is 20.4 Å². The molecule has 1 fully saturated rings. The summed E-state index contributed by atoms with van der Waals surface area (Å²) in [6.07, 6.45) is 0.336. The largest absolute Gasteiger partial charge is 0.383 e. The summed E-state index contributed by atoms with van der Waals surface area (Å²) in [4.78, 5) is 0. The summed E-state index contributed by atoms with van der Waals surface area (Å²) in [5.74, 6) is 0. The molecule has 2 aromatic rings. The zero-order valence-corrected chi connectivity index (χ0v) is 15.9. The highest BCUT2D eigenvalue weighted by molar-refractivity contribution is 7.90. The highest BCUT2D eigenvalue weighted by Gasteiger charge is 2.43. The van der Waals surface area contributed by atoms with Crippen molar-refractivity contribution in [1.29, 1.82) is 0 Å². The Morgan fingerprint density at radius 1 is 1.08 bits per heavy atom. The Kier molecular flexibility index (Phi) is 5.48. The van der Waals surface area contributed by atoms with Gasteiger partial charge >= 0.3 is 0 Å². The second kappa shape index (κ2) is 7.48. The van der Waals surface area contributed by atoms with Crippen molar-refractivity contribution in [2.45, 2.75) is 37.2 Å². The van der Waals surface area contributed by atoms with Gasteiger partial charge < -0.3 is 9.84 Å². The van der Waals surface area contributed by atoms with Gasteiger partial charge in [0.25, 0.3) is 0 Å². The minimum atomic E-state index is -3.52. The normalized spacial score (nSPS) is 23.9. The third-order valence-electron chi connectivity index (χ3n) is 4.91. The maximum absolute atomic E-state index is 12.3. The van der Waals surface area contributed by atoms with Gasteiger partial charge in [-0.25, -0.2) is 13.1 Å². The summed E-state index contributed by atoms with van der Waals surface area (Å²) in [5, 5.41) is 10.7. The molecule has 0 spiro atoms. The van der Waals surface area contributed by atoms with Gasteiger partial charge in [0.2, 0.25) is 10.0 Å². The van der Waals surface area contributed by atoms with Crippen LogP contribution in [0.2, 0.25) is 0 Å². The molecule has 0 saturated carbocycles. The van der Waals surface area contributed by atoms with Crippen molar-refractivity contribution in [2.24, 2.45) is 0 Å². The summed E-state index contributed by atoms with van der Waals surface area (Å²) in [6, 6.07) is 16.9. The SMILES string of the molecule is CC(C)S(=O)(=O)N[C@H]1COCC[C@]1(O)c1ccc(-c2ccccc2)cc1. The average molecular weight is 375 g/mol. The molecule has 0 bridgehead atoms. The number of aliphatic hydroxyl groups is 1. The molecule has 2 aromatic carbocycles. The number of ether oxygens (including phenoxy) is 1. The second-order valence-electron chi connectivity index (χ2n) is 6.96. The van der Waals surface area contributed by atoms with Crippen LogP contribution < -0.4 is 4.72 Å². The van der Waals surface area contributed by atoms with Crippen molar-refractivity contribution in [3.63, 3.8) is 0 Å². The average Bonchev–Trinajstić information content (AvgIpc) is 2.64. The molecule has 2 N–H and O–H groups in total. The highest BCUT2D eigenvalue weighted by atomic mass is 32.2. The van der Waals surface area contributed by atoms with Crippen molar-refractivity contribution in [3.05, 3.63) is 60.2 Å². The first kappa shape index (κ1) is 19.0. The second-order valence-corrected chi connectivity index (χ2v) is 9.23. The molecule has 0 unspecified atom stereocenters. The van der Waals surface area contributed by atoms with E-state index in [4.69, 9.17) is 4.74 Å². The van der Waals surface area contributed by atoms with Crippen molar-refractivity contribution < 1.29 is 18.3 Å². The molecule has 1 saturated heterocycles. The molecule has 1 aliphatic heterocycles. The van der Waals surface area contributed by atoms with E-state index in [1.54, 1.807) is 13.8 Å². The van der Waals surface area contributed by atoms with Crippen LogP contribution in [-0.4, -0.2) is 38.0 Å². The van der Waals surface area contributed by atoms with Crippen LogP contribution in [0.15, 0.2) is 54.6 Å². The lowest BCUT2D eigenvalue weighted by molar-refractivity contribution is -0.0898. The molecule has 5 nitrogen and oxygen atoms in total. The highest BCUT2D eigenvalue weighted by Crippen LogP contribution is 2.34. The maximum Gasteiger partial charge on any atom is 0.214 e. The van der Waals surface area contributed by atoms with Crippen molar-refractivity contribution in [1.82, 2.24) is 4.72 Å². The summed E-state index contributed by atoms with van der Waals surface area (Å²) < 4.78 is 32.6. The van der Waals surface area contributed by atoms with Gasteiger partial charge in [0, 0.05) is 13.0 Å².